The average molecular weight is 326 g/mol. The fourth-order valence-electron chi connectivity index (χ4n) is 4.80. The number of fused-ring (bicyclic) bond motifs is 2. The maximum atomic E-state index is 13.7. The van der Waals surface area contributed by atoms with Crippen LogP contribution in [0.3, 0.4) is 0 Å². The van der Waals surface area contributed by atoms with Gasteiger partial charge in [-0.25, -0.2) is 4.39 Å². The molecule has 0 radical (unpaired) electrons. The molecule has 2 aromatic rings. The van der Waals surface area contributed by atoms with Gasteiger partial charge in [-0.3, -0.25) is 4.79 Å². The highest BCUT2D eigenvalue weighted by Gasteiger charge is 2.53. The maximum absolute atomic E-state index is 13.7. The van der Waals surface area contributed by atoms with Crippen LogP contribution in [0, 0.1) is 24.6 Å². The molecule has 3 atom stereocenters. The maximum Gasteiger partial charge on any atom is 0.230 e. The van der Waals surface area contributed by atoms with E-state index in [1.165, 1.54) is 6.07 Å². The summed E-state index contributed by atoms with van der Waals surface area (Å²) in [5.41, 5.74) is 1.70. The Morgan fingerprint density at radius 2 is 2.04 bits per heavy atom. The minimum atomic E-state index is -0.310. The van der Waals surface area contributed by atoms with Crippen molar-refractivity contribution in [3.05, 3.63) is 46.9 Å². The van der Waals surface area contributed by atoms with Crippen molar-refractivity contribution < 1.29 is 13.7 Å². The van der Waals surface area contributed by atoms with Crippen molar-refractivity contribution >= 4 is 5.78 Å². The predicted octanol–water partition coefficient (Wildman–Crippen LogP) is 3.68. The summed E-state index contributed by atoms with van der Waals surface area (Å²) in [6.07, 6.45) is 4.48. The number of nitrogens with zero attached hydrogens (tertiary/aromatic N) is 2. The quantitative estimate of drug-likeness (QED) is 0.863. The van der Waals surface area contributed by atoms with Crippen molar-refractivity contribution in [2.75, 3.05) is 0 Å². The number of carbonyl (C=O) groups is 1. The zero-order valence-corrected chi connectivity index (χ0v) is 13.6. The molecule has 3 fully saturated rings. The predicted molar refractivity (Wildman–Crippen MR) is 84.0 cm³/mol. The number of benzene rings is 1. The first kappa shape index (κ1) is 14.3. The lowest BCUT2D eigenvalue weighted by Gasteiger charge is -2.17. The van der Waals surface area contributed by atoms with Gasteiger partial charge in [0.25, 0.3) is 0 Å². The van der Waals surface area contributed by atoms with E-state index >= 15 is 0 Å². The molecular weight excluding hydrogens is 307 g/mol. The summed E-state index contributed by atoms with van der Waals surface area (Å²) in [4.78, 5) is 16.7. The van der Waals surface area contributed by atoms with Gasteiger partial charge in [-0.2, -0.15) is 4.98 Å². The van der Waals surface area contributed by atoms with Crippen LogP contribution in [0.2, 0.25) is 0 Å². The van der Waals surface area contributed by atoms with Crippen molar-refractivity contribution in [3.63, 3.8) is 0 Å². The van der Waals surface area contributed by atoms with Crippen LogP contribution < -0.4 is 0 Å². The van der Waals surface area contributed by atoms with E-state index in [-0.39, 0.29) is 23.1 Å². The van der Waals surface area contributed by atoms with Crippen LogP contribution in [0.25, 0.3) is 0 Å². The smallest absolute Gasteiger partial charge is 0.230 e. The molecular formula is C19H19FN2O2. The molecule has 0 amide bonds. The Morgan fingerprint density at radius 3 is 2.75 bits per heavy atom. The van der Waals surface area contributed by atoms with Gasteiger partial charge in [-0.15, -0.1) is 0 Å². The molecule has 124 valence electrons. The number of hydrogen-bond donors (Lipinski definition) is 0. The first-order valence-corrected chi connectivity index (χ1v) is 8.70. The van der Waals surface area contributed by atoms with Crippen molar-refractivity contribution in [2.45, 2.75) is 50.4 Å². The Bertz CT molecular complexity index is 840. The van der Waals surface area contributed by atoms with E-state index in [1.807, 2.05) is 6.92 Å². The third-order valence-electron chi connectivity index (χ3n) is 6.22. The molecule has 0 aliphatic heterocycles. The summed E-state index contributed by atoms with van der Waals surface area (Å²) in [6, 6.07) is 4.89. The van der Waals surface area contributed by atoms with Gasteiger partial charge in [-0.05, 0) is 61.8 Å². The van der Waals surface area contributed by atoms with E-state index in [0.29, 0.717) is 29.8 Å². The normalized spacial score (nSPS) is 30.1. The first-order chi connectivity index (χ1) is 11.6. The second-order valence-electron chi connectivity index (χ2n) is 7.72. The van der Waals surface area contributed by atoms with Crippen molar-refractivity contribution in [1.29, 1.82) is 0 Å². The summed E-state index contributed by atoms with van der Waals surface area (Å²) in [7, 11) is 0. The number of Topliss-reactive ketones (excluding diaryl/α,β-unsaturated/α-hetero) is 1. The van der Waals surface area contributed by atoms with Gasteiger partial charge >= 0.3 is 0 Å². The van der Waals surface area contributed by atoms with E-state index in [2.05, 4.69) is 10.1 Å². The second kappa shape index (κ2) is 4.74. The molecule has 2 bridgehead atoms. The molecule has 5 rings (SSSR count). The van der Waals surface area contributed by atoms with Gasteiger partial charge in [0.1, 0.15) is 11.6 Å². The number of rotatable bonds is 3. The van der Waals surface area contributed by atoms with Gasteiger partial charge in [-0.1, -0.05) is 11.2 Å². The molecule has 0 saturated heterocycles. The third-order valence-corrected chi connectivity index (χ3v) is 6.22. The van der Waals surface area contributed by atoms with Gasteiger partial charge in [0.15, 0.2) is 5.82 Å². The van der Waals surface area contributed by atoms with Crippen molar-refractivity contribution in [3.8, 4) is 0 Å². The molecule has 1 unspecified atom stereocenters. The molecule has 3 saturated carbocycles. The minimum Gasteiger partial charge on any atom is -0.339 e. The number of ketones is 1. The van der Waals surface area contributed by atoms with Gasteiger partial charge in [0.05, 0.1) is 5.41 Å². The van der Waals surface area contributed by atoms with E-state index in [1.54, 1.807) is 12.1 Å². The summed E-state index contributed by atoms with van der Waals surface area (Å²) in [5, 5.41) is 4.23. The summed E-state index contributed by atoms with van der Waals surface area (Å²) in [6.45, 7) is 1.99. The number of carbonyl (C=O) groups excluding carboxylic acids is 1. The molecule has 1 aromatic carbocycles. The fourth-order valence-corrected chi connectivity index (χ4v) is 4.80. The molecule has 4 nitrogen and oxygen atoms in total. The standard InChI is InChI=1S/C19H19FN2O2/c1-10-2-3-12(20)9-15(10)19(4-5-19)18-21-17(24-22-18)14-7-11-6-13(14)16(23)8-11/h2-3,9,11,13-14H,4-8H2,1H3/t11-,13+,14?/m0/s1. The van der Waals surface area contributed by atoms with E-state index in [4.69, 9.17) is 4.52 Å². The Balaban J connectivity index is 1.49. The van der Waals surface area contributed by atoms with E-state index in [0.717, 1.165) is 36.8 Å². The SMILES string of the molecule is Cc1ccc(F)cc1C1(c2noc(C3C[C@H]4CC(=O)[C@@H]3C4)n2)CC1. The zero-order chi connectivity index (χ0) is 16.5. The van der Waals surface area contributed by atoms with Gasteiger partial charge in [0, 0.05) is 18.3 Å². The van der Waals surface area contributed by atoms with E-state index in [9.17, 15) is 9.18 Å². The minimum absolute atomic E-state index is 0.0642. The van der Waals surface area contributed by atoms with Gasteiger partial charge < -0.3 is 4.52 Å². The number of hydrogen-bond acceptors (Lipinski definition) is 4. The van der Waals surface area contributed by atoms with Crippen LogP contribution in [0.1, 0.15) is 60.9 Å². The Kier molecular flexibility index (Phi) is 2.83. The Hall–Kier alpha value is -2.04. The van der Waals surface area contributed by atoms with Crippen LogP contribution in [-0.4, -0.2) is 15.9 Å². The third kappa shape index (κ3) is 1.93. The average Bonchev–Trinajstić information content (AvgIpc) is 2.93. The van der Waals surface area contributed by atoms with Crippen LogP contribution >= 0.6 is 0 Å². The molecule has 5 heteroatoms. The molecule has 1 aromatic heterocycles. The monoisotopic (exact) mass is 326 g/mol. The Morgan fingerprint density at radius 1 is 1.25 bits per heavy atom. The lowest BCUT2D eigenvalue weighted by molar-refractivity contribution is -0.122. The number of halogens is 1. The number of aromatic nitrogens is 2. The highest BCUT2D eigenvalue weighted by molar-refractivity contribution is 5.85. The first-order valence-electron chi connectivity index (χ1n) is 8.70. The molecule has 1 heterocycles. The van der Waals surface area contributed by atoms with E-state index < -0.39 is 0 Å². The van der Waals surface area contributed by atoms with Gasteiger partial charge in [0.2, 0.25) is 5.89 Å². The highest BCUT2D eigenvalue weighted by atomic mass is 19.1. The second-order valence-corrected chi connectivity index (χ2v) is 7.72. The zero-order valence-electron chi connectivity index (χ0n) is 13.6. The molecule has 24 heavy (non-hydrogen) atoms. The van der Waals surface area contributed by atoms with Crippen molar-refractivity contribution in [1.82, 2.24) is 10.1 Å². The van der Waals surface area contributed by atoms with Crippen molar-refractivity contribution in [2.24, 2.45) is 11.8 Å². The molecule has 3 aliphatic carbocycles. The molecule has 0 N–H and O–H groups in total. The highest BCUT2D eigenvalue weighted by Crippen LogP contribution is 2.55. The van der Waals surface area contributed by atoms with Crippen LogP contribution in [0.15, 0.2) is 22.7 Å². The lowest BCUT2D eigenvalue weighted by Crippen LogP contribution is -2.19. The fraction of sp³-hybridized carbons (Fsp3) is 0.526. The van der Waals surface area contributed by atoms with Crippen LogP contribution in [0.5, 0.6) is 0 Å². The summed E-state index contributed by atoms with van der Waals surface area (Å²) >= 11 is 0. The number of aryl methyl sites for hydroxylation is 1. The summed E-state index contributed by atoms with van der Waals surface area (Å²) in [5.74, 6) is 2.01. The summed E-state index contributed by atoms with van der Waals surface area (Å²) < 4.78 is 19.3. The Labute approximate surface area is 139 Å². The largest absolute Gasteiger partial charge is 0.339 e. The van der Waals surface area contributed by atoms with Crippen LogP contribution in [0.4, 0.5) is 4.39 Å². The van der Waals surface area contributed by atoms with Crippen LogP contribution in [-0.2, 0) is 10.2 Å². The lowest BCUT2D eigenvalue weighted by atomic mass is 9.87. The molecule has 3 aliphatic rings. The molecule has 0 spiro atoms. The topological polar surface area (TPSA) is 56.0 Å².